The first-order valence-electron chi connectivity index (χ1n) is 8.00. The summed E-state index contributed by atoms with van der Waals surface area (Å²) in [5.41, 5.74) is 2.55. The highest BCUT2D eigenvalue weighted by Gasteiger charge is 2.12. The lowest BCUT2D eigenvalue weighted by molar-refractivity contribution is -0.116. The van der Waals surface area contributed by atoms with Crippen molar-refractivity contribution in [3.05, 3.63) is 74.9 Å². The van der Waals surface area contributed by atoms with Gasteiger partial charge in [-0.1, -0.05) is 12.1 Å². The number of nitrogens with zero attached hydrogens (tertiary/aromatic N) is 3. The van der Waals surface area contributed by atoms with Gasteiger partial charge in [-0.05, 0) is 59.6 Å². The fourth-order valence-corrected chi connectivity index (χ4v) is 3.11. The van der Waals surface area contributed by atoms with E-state index < -0.39 is 0 Å². The van der Waals surface area contributed by atoms with Crippen molar-refractivity contribution in [2.45, 2.75) is 20.4 Å². The minimum Gasteiger partial charge on any atom is -0.324 e. The van der Waals surface area contributed by atoms with E-state index in [-0.39, 0.29) is 18.0 Å². The SMILES string of the molecule is Cc1ccc(NC(=O)Cn2c(C)nc(-c3ccccn3)cc2=O)c(Br)c1. The van der Waals surface area contributed by atoms with Crippen molar-refractivity contribution in [2.24, 2.45) is 0 Å². The summed E-state index contributed by atoms with van der Waals surface area (Å²) in [6.45, 7) is 3.55. The molecule has 0 aliphatic rings. The Morgan fingerprint density at radius 2 is 1.96 bits per heavy atom. The van der Waals surface area contributed by atoms with Crippen LogP contribution in [0.2, 0.25) is 0 Å². The highest BCUT2D eigenvalue weighted by molar-refractivity contribution is 9.10. The molecule has 0 fully saturated rings. The number of pyridine rings is 1. The van der Waals surface area contributed by atoms with Gasteiger partial charge in [0.2, 0.25) is 5.91 Å². The molecule has 0 saturated carbocycles. The molecule has 7 heteroatoms. The summed E-state index contributed by atoms with van der Waals surface area (Å²) in [5, 5.41) is 2.80. The molecule has 1 amide bonds. The van der Waals surface area contributed by atoms with Crippen LogP contribution in [0.25, 0.3) is 11.4 Å². The molecule has 0 spiro atoms. The highest BCUT2D eigenvalue weighted by Crippen LogP contribution is 2.23. The third kappa shape index (κ3) is 4.05. The summed E-state index contributed by atoms with van der Waals surface area (Å²) in [4.78, 5) is 33.4. The van der Waals surface area contributed by atoms with Crippen LogP contribution in [0, 0.1) is 13.8 Å². The molecule has 0 atom stereocenters. The van der Waals surface area contributed by atoms with E-state index in [1.54, 1.807) is 25.3 Å². The number of hydrogen-bond acceptors (Lipinski definition) is 4. The van der Waals surface area contributed by atoms with Crippen LogP contribution in [0.4, 0.5) is 5.69 Å². The highest BCUT2D eigenvalue weighted by atomic mass is 79.9. The van der Waals surface area contributed by atoms with Gasteiger partial charge in [0.1, 0.15) is 12.4 Å². The van der Waals surface area contributed by atoms with Gasteiger partial charge in [0.05, 0.1) is 17.1 Å². The summed E-state index contributed by atoms with van der Waals surface area (Å²) >= 11 is 3.42. The molecule has 132 valence electrons. The molecule has 0 radical (unpaired) electrons. The van der Waals surface area contributed by atoms with Crippen molar-refractivity contribution in [3.63, 3.8) is 0 Å². The summed E-state index contributed by atoms with van der Waals surface area (Å²) < 4.78 is 2.13. The van der Waals surface area contributed by atoms with Crippen molar-refractivity contribution in [3.8, 4) is 11.4 Å². The molecule has 2 heterocycles. The molecule has 0 aliphatic carbocycles. The first kappa shape index (κ1) is 18.0. The Balaban J connectivity index is 1.81. The van der Waals surface area contributed by atoms with Crippen LogP contribution in [-0.2, 0) is 11.3 Å². The van der Waals surface area contributed by atoms with Crippen molar-refractivity contribution in [2.75, 3.05) is 5.32 Å². The lowest BCUT2D eigenvalue weighted by Crippen LogP contribution is -2.30. The minimum absolute atomic E-state index is 0.111. The van der Waals surface area contributed by atoms with Crippen LogP contribution < -0.4 is 10.9 Å². The molecule has 0 aliphatic heterocycles. The molecular formula is C19H17BrN4O2. The van der Waals surface area contributed by atoms with Crippen LogP contribution in [-0.4, -0.2) is 20.4 Å². The van der Waals surface area contributed by atoms with Crippen LogP contribution >= 0.6 is 15.9 Å². The minimum atomic E-state index is -0.299. The van der Waals surface area contributed by atoms with Crippen LogP contribution in [0.5, 0.6) is 0 Å². The number of nitrogens with one attached hydrogen (secondary N) is 1. The smallest absolute Gasteiger partial charge is 0.254 e. The fourth-order valence-electron chi connectivity index (χ4n) is 2.51. The maximum Gasteiger partial charge on any atom is 0.254 e. The molecule has 2 aromatic heterocycles. The molecule has 1 aromatic carbocycles. The summed E-state index contributed by atoms with van der Waals surface area (Å²) in [5.74, 6) is 0.156. The number of carbonyl (C=O) groups excluding carboxylic acids is 1. The predicted molar refractivity (Wildman–Crippen MR) is 104 cm³/mol. The zero-order valence-electron chi connectivity index (χ0n) is 14.4. The van der Waals surface area contributed by atoms with Gasteiger partial charge in [-0.3, -0.25) is 19.1 Å². The second kappa shape index (κ2) is 7.61. The number of hydrogen-bond donors (Lipinski definition) is 1. The Morgan fingerprint density at radius 1 is 1.15 bits per heavy atom. The largest absolute Gasteiger partial charge is 0.324 e. The summed E-state index contributed by atoms with van der Waals surface area (Å²) in [6.07, 6.45) is 1.64. The molecule has 0 unspecified atom stereocenters. The van der Waals surface area contributed by atoms with Crippen molar-refractivity contribution in [1.82, 2.24) is 14.5 Å². The van der Waals surface area contributed by atoms with Gasteiger partial charge in [-0.2, -0.15) is 0 Å². The quantitative estimate of drug-likeness (QED) is 0.712. The fraction of sp³-hybridized carbons (Fsp3) is 0.158. The molecule has 3 aromatic rings. The average Bonchev–Trinajstić information content (AvgIpc) is 2.61. The van der Waals surface area contributed by atoms with Gasteiger partial charge < -0.3 is 5.32 Å². The third-order valence-corrected chi connectivity index (χ3v) is 4.48. The van der Waals surface area contributed by atoms with E-state index in [1.165, 1.54) is 10.6 Å². The van der Waals surface area contributed by atoms with Gasteiger partial charge in [-0.25, -0.2) is 4.98 Å². The van der Waals surface area contributed by atoms with E-state index in [0.29, 0.717) is 22.9 Å². The Hall–Kier alpha value is -2.80. The van der Waals surface area contributed by atoms with Crippen molar-refractivity contribution in [1.29, 1.82) is 0 Å². The first-order chi connectivity index (χ1) is 12.4. The standard InChI is InChI=1S/C19H17BrN4O2/c1-12-6-7-15(14(20)9-12)23-18(25)11-24-13(2)22-17(10-19(24)26)16-5-3-4-8-21-16/h3-10H,11H2,1-2H3,(H,23,25). The normalized spacial score (nSPS) is 10.6. The first-order valence-corrected chi connectivity index (χ1v) is 8.79. The lowest BCUT2D eigenvalue weighted by atomic mass is 10.2. The summed E-state index contributed by atoms with van der Waals surface area (Å²) in [7, 11) is 0. The Bertz CT molecular complexity index is 1020. The number of amides is 1. The van der Waals surface area contributed by atoms with Gasteiger partial charge >= 0.3 is 0 Å². The maximum atomic E-state index is 12.4. The molecule has 1 N–H and O–H groups in total. The second-order valence-electron chi connectivity index (χ2n) is 5.86. The van der Waals surface area contributed by atoms with Crippen LogP contribution in [0.3, 0.4) is 0 Å². The molecule has 26 heavy (non-hydrogen) atoms. The Labute approximate surface area is 159 Å². The van der Waals surface area contributed by atoms with Crippen molar-refractivity contribution < 1.29 is 4.79 Å². The Kier molecular flexibility index (Phi) is 5.27. The third-order valence-electron chi connectivity index (χ3n) is 3.83. The van der Waals surface area contributed by atoms with Gasteiger partial charge in [0.15, 0.2) is 0 Å². The van der Waals surface area contributed by atoms with Gasteiger partial charge in [0.25, 0.3) is 5.56 Å². The monoisotopic (exact) mass is 412 g/mol. The number of halogens is 1. The van der Waals surface area contributed by atoms with E-state index in [0.717, 1.165) is 10.0 Å². The van der Waals surface area contributed by atoms with E-state index >= 15 is 0 Å². The summed E-state index contributed by atoms with van der Waals surface area (Å²) in [6, 6.07) is 12.4. The van der Waals surface area contributed by atoms with Gasteiger partial charge in [-0.15, -0.1) is 0 Å². The zero-order chi connectivity index (χ0) is 18.7. The molecule has 3 rings (SSSR count). The number of aryl methyl sites for hydroxylation is 2. The topological polar surface area (TPSA) is 76.9 Å². The van der Waals surface area contributed by atoms with E-state index in [2.05, 4.69) is 31.2 Å². The predicted octanol–water partition coefficient (Wildman–Crippen LogP) is 3.32. The number of benzene rings is 1. The Morgan fingerprint density at radius 3 is 2.62 bits per heavy atom. The number of anilines is 1. The van der Waals surface area contributed by atoms with E-state index in [1.807, 2.05) is 31.2 Å². The molecule has 0 bridgehead atoms. The van der Waals surface area contributed by atoms with Crippen LogP contribution in [0.15, 0.2) is 57.9 Å². The lowest BCUT2D eigenvalue weighted by Gasteiger charge is -2.12. The molecular weight excluding hydrogens is 396 g/mol. The van der Waals surface area contributed by atoms with E-state index in [9.17, 15) is 9.59 Å². The average molecular weight is 413 g/mol. The number of rotatable bonds is 4. The van der Waals surface area contributed by atoms with Crippen molar-refractivity contribution >= 4 is 27.5 Å². The number of aromatic nitrogens is 3. The maximum absolute atomic E-state index is 12.4. The van der Waals surface area contributed by atoms with Crippen LogP contribution in [0.1, 0.15) is 11.4 Å². The zero-order valence-corrected chi connectivity index (χ0v) is 15.9. The van der Waals surface area contributed by atoms with Gasteiger partial charge in [0, 0.05) is 16.7 Å². The second-order valence-corrected chi connectivity index (χ2v) is 6.71. The van der Waals surface area contributed by atoms with E-state index in [4.69, 9.17) is 0 Å². The molecule has 6 nitrogen and oxygen atoms in total. The molecule has 0 saturated heterocycles. The number of carbonyl (C=O) groups is 1.